The Bertz CT molecular complexity index is 591. The van der Waals surface area contributed by atoms with Crippen molar-refractivity contribution < 1.29 is 14.7 Å². The number of aliphatic carboxylic acids is 1. The normalized spacial score (nSPS) is 20.9. The van der Waals surface area contributed by atoms with E-state index in [0.717, 1.165) is 17.8 Å². The zero-order valence-corrected chi connectivity index (χ0v) is 13.3. The second-order valence-corrected chi connectivity index (χ2v) is 5.76. The van der Waals surface area contributed by atoms with Crippen LogP contribution in [-0.4, -0.2) is 38.7 Å². The Morgan fingerprint density at radius 1 is 1.36 bits per heavy atom. The van der Waals surface area contributed by atoms with E-state index < -0.39 is 17.8 Å². The third kappa shape index (κ3) is 3.21. The molecule has 0 bridgehead atoms. The molecule has 1 aromatic heterocycles. The highest BCUT2D eigenvalue weighted by atomic mass is 16.4. The number of carbonyl (C=O) groups excluding carboxylic acids is 1. The lowest BCUT2D eigenvalue weighted by molar-refractivity contribution is -0.150. The molecule has 0 saturated carbocycles. The van der Waals surface area contributed by atoms with Crippen LogP contribution in [0, 0.1) is 18.8 Å². The minimum atomic E-state index is -0.897. The monoisotopic (exact) mass is 305 g/mol. The molecule has 0 saturated heterocycles. The van der Waals surface area contributed by atoms with Crippen molar-refractivity contribution in [3.8, 4) is 0 Å². The number of aryl methyl sites for hydroxylation is 1. The van der Waals surface area contributed by atoms with Crippen molar-refractivity contribution in [2.75, 3.05) is 7.05 Å². The third-order valence-electron chi connectivity index (χ3n) is 4.35. The standard InChI is InChI=1S/C16H23N3O3/c1-4-19-11(2)12(9-17-19)10-18(3)15(20)13-7-5-6-8-14(13)16(21)22/h5-6,9,13-14H,4,7-8,10H2,1-3H3,(H,21,22)/t13-,14+/m1/s1. The molecule has 1 aliphatic rings. The molecule has 6 nitrogen and oxygen atoms in total. The quantitative estimate of drug-likeness (QED) is 0.842. The number of amides is 1. The lowest BCUT2D eigenvalue weighted by Crippen LogP contribution is -2.39. The minimum absolute atomic E-state index is 0.111. The summed E-state index contributed by atoms with van der Waals surface area (Å²) in [6.07, 6.45) is 6.44. The van der Waals surface area contributed by atoms with E-state index in [1.807, 2.05) is 30.7 Å². The molecule has 0 aliphatic heterocycles. The lowest BCUT2D eigenvalue weighted by Gasteiger charge is -2.28. The van der Waals surface area contributed by atoms with Crippen molar-refractivity contribution in [1.29, 1.82) is 0 Å². The van der Waals surface area contributed by atoms with Crippen LogP contribution < -0.4 is 0 Å². The Kier molecular flexibility index (Phi) is 5.00. The molecule has 2 atom stereocenters. The van der Waals surface area contributed by atoms with Crippen molar-refractivity contribution in [2.24, 2.45) is 11.8 Å². The van der Waals surface area contributed by atoms with E-state index in [0.29, 0.717) is 19.4 Å². The summed E-state index contributed by atoms with van der Waals surface area (Å²) in [5, 5.41) is 13.6. The maximum atomic E-state index is 12.6. The number of aromatic nitrogens is 2. The number of carboxylic acids is 1. The highest BCUT2D eigenvalue weighted by molar-refractivity contribution is 5.85. The maximum Gasteiger partial charge on any atom is 0.307 e. The van der Waals surface area contributed by atoms with Crippen LogP contribution in [0.5, 0.6) is 0 Å². The first-order chi connectivity index (χ1) is 10.5. The van der Waals surface area contributed by atoms with Gasteiger partial charge in [-0.25, -0.2) is 0 Å². The van der Waals surface area contributed by atoms with Gasteiger partial charge in [0.15, 0.2) is 0 Å². The SMILES string of the molecule is CCn1ncc(CN(C)C(=O)[C@@H]2CC=CC[C@@H]2C(=O)O)c1C. The average Bonchev–Trinajstić information content (AvgIpc) is 2.86. The Labute approximate surface area is 130 Å². The van der Waals surface area contributed by atoms with E-state index in [4.69, 9.17) is 0 Å². The van der Waals surface area contributed by atoms with Crippen LogP contribution in [0.1, 0.15) is 31.0 Å². The first-order valence-electron chi connectivity index (χ1n) is 7.59. The second-order valence-electron chi connectivity index (χ2n) is 5.76. The van der Waals surface area contributed by atoms with Crippen molar-refractivity contribution in [3.05, 3.63) is 29.6 Å². The zero-order valence-electron chi connectivity index (χ0n) is 13.3. The minimum Gasteiger partial charge on any atom is -0.481 e. The van der Waals surface area contributed by atoms with E-state index in [-0.39, 0.29) is 5.91 Å². The molecule has 0 spiro atoms. The van der Waals surface area contributed by atoms with Gasteiger partial charge in [0.1, 0.15) is 0 Å². The van der Waals surface area contributed by atoms with Crippen LogP contribution in [0.4, 0.5) is 0 Å². The summed E-state index contributed by atoms with van der Waals surface area (Å²) in [5.74, 6) is -2.11. The summed E-state index contributed by atoms with van der Waals surface area (Å²) < 4.78 is 1.89. The fraction of sp³-hybridized carbons (Fsp3) is 0.562. The number of carboxylic acid groups (broad SMARTS) is 1. The number of hydrogen-bond acceptors (Lipinski definition) is 3. The summed E-state index contributed by atoms with van der Waals surface area (Å²) in [7, 11) is 1.72. The van der Waals surface area contributed by atoms with Crippen LogP contribution in [0.3, 0.4) is 0 Å². The van der Waals surface area contributed by atoms with Crippen LogP contribution in [-0.2, 0) is 22.7 Å². The van der Waals surface area contributed by atoms with E-state index in [9.17, 15) is 14.7 Å². The predicted molar refractivity (Wildman–Crippen MR) is 82.1 cm³/mol. The Balaban J connectivity index is 2.09. The summed E-state index contributed by atoms with van der Waals surface area (Å²) in [6.45, 7) is 5.24. The molecule has 1 heterocycles. The van der Waals surface area contributed by atoms with Crippen LogP contribution >= 0.6 is 0 Å². The fourth-order valence-electron chi connectivity index (χ4n) is 2.94. The average molecular weight is 305 g/mol. The van der Waals surface area contributed by atoms with E-state index in [2.05, 4.69) is 5.10 Å². The summed E-state index contributed by atoms with van der Waals surface area (Å²) in [6, 6.07) is 0. The molecule has 0 radical (unpaired) electrons. The maximum absolute atomic E-state index is 12.6. The van der Waals surface area contributed by atoms with Gasteiger partial charge in [-0.05, 0) is 26.7 Å². The van der Waals surface area contributed by atoms with Gasteiger partial charge in [-0.3, -0.25) is 14.3 Å². The van der Waals surface area contributed by atoms with Crippen LogP contribution in [0.25, 0.3) is 0 Å². The molecule has 6 heteroatoms. The van der Waals surface area contributed by atoms with Gasteiger partial charge in [0.05, 0.1) is 18.0 Å². The molecular formula is C16H23N3O3. The first-order valence-corrected chi connectivity index (χ1v) is 7.59. The number of nitrogens with zero attached hydrogens (tertiary/aromatic N) is 3. The van der Waals surface area contributed by atoms with Gasteiger partial charge in [0, 0.05) is 31.4 Å². The molecule has 1 N–H and O–H groups in total. The third-order valence-corrected chi connectivity index (χ3v) is 4.35. The Hall–Kier alpha value is -2.11. The summed E-state index contributed by atoms with van der Waals surface area (Å²) >= 11 is 0. The van der Waals surface area contributed by atoms with Crippen molar-refractivity contribution in [3.63, 3.8) is 0 Å². The van der Waals surface area contributed by atoms with E-state index in [1.54, 1.807) is 18.1 Å². The van der Waals surface area contributed by atoms with Gasteiger partial charge in [-0.1, -0.05) is 12.2 Å². The highest BCUT2D eigenvalue weighted by Crippen LogP contribution is 2.28. The number of hydrogen-bond donors (Lipinski definition) is 1. The number of carbonyl (C=O) groups is 2. The molecule has 0 aromatic carbocycles. The Morgan fingerprint density at radius 2 is 2.00 bits per heavy atom. The molecule has 1 amide bonds. The van der Waals surface area contributed by atoms with Gasteiger partial charge in [0.2, 0.25) is 5.91 Å². The summed E-state index contributed by atoms with van der Waals surface area (Å²) in [5.41, 5.74) is 2.04. The van der Waals surface area contributed by atoms with Crippen molar-refractivity contribution in [1.82, 2.24) is 14.7 Å². The largest absolute Gasteiger partial charge is 0.481 e. The van der Waals surface area contributed by atoms with Gasteiger partial charge >= 0.3 is 5.97 Å². The van der Waals surface area contributed by atoms with Gasteiger partial charge in [0.25, 0.3) is 0 Å². The number of allylic oxidation sites excluding steroid dienone is 2. The second kappa shape index (κ2) is 6.77. The van der Waals surface area contributed by atoms with Gasteiger partial charge in [-0.2, -0.15) is 5.10 Å². The topological polar surface area (TPSA) is 75.4 Å². The molecular weight excluding hydrogens is 282 g/mol. The predicted octanol–water partition coefficient (Wildman–Crippen LogP) is 1.84. The molecule has 1 aliphatic carbocycles. The highest BCUT2D eigenvalue weighted by Gasteiger charge is 2.35. The molecule has 22 heavy (non-hydrogen) atoms. The zero-order chi connectivity index (χ0) is 16.3. The van der Waals surface area contributed by atoms with E-state index >= 15 is 0 Å². The van der Waals surface area contributed by atoms with Gasteiger partial charge < -0.3 is 10.0 Å². The molecule has 2 rings (SSSR count). The van der Waals surface area contributed by atoms with E-state index in [1.165, 1.54) is 0 Å². The number of rotatable bonds is 5. The molecule has 0 fully saturated rings. The van der Waals surface area contributed by atoms with Gasteiger partial charge in [-0.15, -0.1) is 0 Å². The molecule has 1 aromatic rings. The van der Waals surface area contributed by atoms with Crippen LogP contribution in [0.15, 0.2) is 18.3 Å². The Morgan fingerprint density at radius 3 is 2.55 bits per heavy atom. The van der Waals surface area contributed by atoms with Crippen molar-refractivity contribution >= 4 is 11.9 Å². The molecule has 120 valence electrons. The fourth-order valence-corrected chi connectivity index (χ4v) is 2.94. The summed E-state index contributed by atoms with van der Waals surface area (Å²) in [4.78, 5) is 25.5. The van der Waals surface area contributed by atoms with Crippen molar-refractivity contribution in [2.45, 2.75) is 39.8 Å². The lowest BCUT2D eigenvalue weighted by atomic mass is 9.82. The van der Waals surface area contributed by atoms with Crippen LogP contribution in [0.2, 0.25) is 0 Å². The molecule has 0 unspecified atom stereocenters. The first kappa shape index (κ1) is 16.3. The smallest absolute Gasteiger partial charge is 0.307 e.